The molecule has 0 aromatic heterocycles. The molecule has 1 unspecified atom stereocenters. The molecular formula is C27H47FN9P3. The minimum Gasteiger partial charge on any atom is -0.240 e. The van der Waals surface area contributed by atoms with Crippen molar-refractivity contribution in [1.82, 2.24) is 28.0 Å². The molecule has 6 heterocycles. The minimum atomic E-state index is -2.43. The topological polar surface area (TPSA) is 56.5 Å². The Kier molecular flexibility index (Phi) is 8.23. The maximum absolute atomic E-state index is 13.9. The van der Waals surface area contributed by atoms with E-state index in [9.17, 15) is 4.39 Å². The van der Waals surface area contributed by atoms with E-state index in [0.717, 1.165) is 84.1 Å². The molecular weight excluding hydrogens is 562 g/mol. The first-order valence-corrected chi connectivity index (χ1v) is 20.6. The summed E-state index contributed by atoms with van der Waals surface area (Å²) in [5, 5.41) is 0. The Labute approximate surface area is 240 Å². The lowest BCUT2D eigenvalue weighted by molar-refractivity contribution is 0.447. The van der Waals surface area contributed by atoms with Crippen LogP contribution in [0.1, 0.15) is 63.9 Å². The summed E-state index contributed by atoms with van der Waals surface area (Å²) in [5.41, 5.74) is 1.16. The molecule has 0 saturated carbocycles. The van der Waals surface area contributed by atoms with Gasteiger partial charge in [-0.1, -0.05) is 19.1 Å². The van der Waals surface area contributed by atoms with Gasteiger partial charge in [0, 0.05) is 78.5 Å². The molecule has 5 fully saturated rings. The molecule has 7 rings (SSSR count). The zero-order chi connectivity index (χ0) is 27.2. The van der Waals surface area contributed by atoms with Gasteiger partial charge in [0.15, 0.2) is 0 Å². The van der Waals surface area contributed by atoms with Crippen LogP contribution in [-0.4, -0.2) is 100 Å². The van der Waals surface area contributed by atoms with Gasteiger partial charge in [0.05, 0.1) is 0 Å². The maximum Gasteiger partial charge on any atom is 0.221 e. The van der Waals surface area contributed by atoms with E-state index in [2.05, 4.69) is 34.9 Å². The highest BCUT2D eigenvalue weighted by atomic mass is 31.3. The summed E-state index contributed by atoms with van der Waals surface area (Å²) in [6.07, 6.45) is 9.99. The molecule has 0 aliphatic carbocycles. The number of likely N-dealkylation sites (N-methyl/N-ethyl adjacent to an activating group) is 1. The number of hydrogen-bond acceptors (Lipinski definition) is 9. The lowest BCUT2D eigenvalue weighted by Gasteiger charge is -2.49. The summed E-state index contributed by atoms with van der Waals surface area (Å²) in [5.74, 6) is -0.170. The van der Waals surface area contributed by atoms with E-state index in [0.29, 0.717) is 0 Å². The number of nitrogens with zero attached hydrogens (tertiary/aromatic N) is 9. The van der Waals surface area contributed by atoms with Crippen LogP contribution in [0.5, 0.6) is 0 Å². The number of benzene rings is 1. The van der Waals surface area contributed by atoms with Crippen LogP contribution >= 0.6 is 22.5 Å². The molecule has 0 N–H and O–H groups in total. The van der Waals surface area contributed by atoms with Crippen molar-refractivity contribution in [3.8, 4) is 0 Å². The highest BCUT2D eigenvalue weighted by Gasteiger charge is 2.54. The Morgan fingerprint density at radius 3 is 1.35 bits per heavy atom. The van der Waals surface area contributed by atoms with Crippen LogP contribution in [0.25, 0.3) is 0 Å². The lowest BCUT2D eigenvalue weighted by atomic mass is 10.2. The van der Waals surface area contributed by atoms with Crippen LogP contribution in [0.2, 0.25) is 0 Å². The van der Waals surface area contributed by atoms with Gasteiger partial charge in [-0.2, -0.15) is 13.5 Å². The number of rotatable bonds is 7. The molecule has 1 aromatic carbocycles. The SMILES string of the molecule is CCN1CCN(Cc2ccc(F)cc2)P12=NP(N1CCCC1)(N1CCCC1)=NP(N1CCCC1)(N1CCCC1)=N2. The third kappa shape index (κ3) is 4.78. The van der Waals surface area contributed by atoms with E-state index in [1.807, 2.05) is 12.1 Å². The van der Waals surface area contributed by atoms with Crippen LogP contribution in [0.4, 0.5) is 4.39 Å². The van der Waals surface area contributed by atoms with Gasteiger partial charge in [0.1, 0.15) is 5.82 Å². The summed E-state index contributed by atoms with van der Waals surface area (Å²) in [6.45, 7) is 14.9. The Morgan fingerprint density at radius 2 is 0.925 bits per heavy atom. The van der Waals surface area contributed by atoms with E-state index in [1.54, 1.807) is 12.1 Å². The van der Waals surface area contributed by atoms with Crippen molar-refractivity contribution in [2.75, 3.05) is 72.0 Å². The zero-order valence-corrected chi connectivity index (χ0v) is 26.9. The van der Waals surface area contributed by atoms with Crippen molar-refractivity contribution in [1.29, 1.82) is 0 Å². The second-order valence-corrected chi connectivity index (χ2v) is 20.8. The maximum atomic E-state index is 13.9. The first-order chi connectivity index (χ1) is 19.6. The predicted octanol–water partition coefficient (Wildman–Crippen LogP) is 7.20. The predicted molar refractivity (Wildman–Crippen MR) is 165 cm³/mol. The molecule has 0 amide bonds. The second kappa shape index (κ2) is 11.6. The Balaban J connectivity index is 1.50. The molecule has 9 nitrogen and oxygen atoms in total. The van der Waals surface area contributed by atoms with Crippen LogP contribution < -0.4 is 0 Å². The van der Waals surface area contributed by atoms with Crippen molar-refractivity contribution < 1.29 is 4.39 Å². The van der Waals surface area contributed by atoms with Gasteiger partial charge in [0.25, 0.3) is 0 Å². The monoisotopic (exact) mass is 609 g/mol. The summed E-state index contributed by atoms with van der Waals surface area (Å²) < 4.78 is 48.8. The second-order valence-electron chi connectivity index (χ2n) is 12.1. The molecule has 1 spiro atoms. The fraction of sp³-hybridized carbons (Fsp3) is 0.778. The summed E-state index contributed by atoms with van der Waals surface area (Å²) in [6, 6.07) is 7.13. The van der Waals surface area contributed by atoms with E-state index < -0.39 is 22.5 Å². The molecule has 40 heavy (non-hydrogen) atoms. The third-order valence-corrected chi connectivity index (χ3v) is 22.3. The van der Waals surface area contributed by atoms with Gasteiger partial charge in [-0.25, -0.2) is 32.4 Å². The standard InChI is InChI=1S/C27H47FN9P3/c1-2-32-23-24-37(25-26-11-13-27(28)14-12-26)38(32)29-39(33-15-3-4-16-33,34-17-5-6-18-34)31-40(30-38,35-19-7-8-20-35)36-21-9-10-22-36/h11-14H,2-10,15-25H2,1H3. The fourth-order valence-corrected chi connectivity index (χ4v) is 23.9. The van der Waals surface area contributed by atoms with Gasteiger partial charge in [-0.05, 0) is 69.1 Å². The van der Waals surface area contributed by atoms with Crippen molar-refractivity contribution in [3.05, 3.63) is 35.6 Å². The largest absolute Gasteiger partial charge is 0.240 e. The van der Waals surface area contributed by atoms with Crippen molar-refractivity contribution >= 4 is 22.5 Å². The molecule has 222 valence electrons. The van der Waals surface area contributed by atoms with Crippen LogP contribution in [0.3, 0.4) is 0 Å². The van der Waals surface area contributed by atoms with E-state index in [1.165, 1.54) is 51.4 Å². The molecule has 1 aromatic rings. The van der Waals surface area contributed by atoms with E-state index in [4.69, 9.17) is 13.5 Å². The van der Waals surface area contributed by atoms with Crippen LogP contribution in [0.15, 0.2) is 37.8 Å². The van der Waals surface area contributed by atoms with Gasteiger partial charge in [-0.3, -0.25) is 0 Å². The molecule has 0 radical (unpaired) electrons. The summed E-state index contributed by atoms with van der Waals surface area (Å²) in [4.78, 5) is 0. The van der Waals surface area contributed by atoms with E-state index in [-0.39, 0.29) is 5.82 Å². The first kappa shape index (κ1) is 28.4. The highest BCUT2D eigenvalue weighted by molar-refractivity contribution is 7.83. The summed E-state index contributed by atoms with van der Waals surface area (Å²) in [7, 11) is -7.09. The van der Waals surface area contributed by atoms with Gasteiger partial charge in [0.2, 0.25) is 22.5 Å². The summed E-state index contributed by atoms with van der Waals surface area (Å²) >= 11 is 0. The average Bonchev–Trinajstić information content (AvgIpc) is 3.82. The van der Waals surface area contributed by atoms with Crippen molar-refractivity contribution in [3.63, 3.8) is 0 Å². The minimum absolute atomic E-state index is 0.170. The normalized spacial score (nSPS) is 32.1. The fourth-order valence-electron chi connectivity index (χ4n) is 7.45. The first-order valence-electron chi connectivity index (χ1n) is 15.8. The molecule has 0 bridgehead atoms. The Hall–Kier alpha value is -0.400. The number of halogens is 1. The van der Waals surface area contributed by atoms with Crippen molar-refractivity contribution in [2.45, 2.75) is 64.8 Å². The zero-order valence-electron chi connectivity index (χ0n) is 24.2. The van der Waals surface area contributed by atoms with Crippen molar-refractivity contribution in [2.24, 2.45) is 13.5 Å². The van der Waals surface area contributed by atoms with E-state index >= 15 is 0 Å². The Morgan fingerprint density at radius 1 is 0.550 bits per heavy atom. The van der Waals surface area contributed by atoms with Gasteiger partial charge in [-0.15, -0.1) is 0 Å². The van der Waals surface area contributed by atoms with Crippen LogP contribution in [-0.2, 0) is 6.54 Å². The Bertz CT molecular complexity index is 1150. The van der Waals surface area contributed by atoms with Gasteiger partial charge >= 0.3 is 0 Å². The molecule has 6 aliphatic rings. The third-order valence-electron chi connectivity index (χ3n) is 9.59. The highest BCUT2D eigenvalue weighted by Crippen LogP contribution is 2.85. The average molecular weight is 610 g/mol. The van der Waals surface area contributed by atoms with Crippen LogP contribution in [0, 0.1) is 5.82 Å². The lowest BCUT2D eigenvalue weighted by Crippen LogP contribution is -2.34. The number of hydrogen-bond donors (Lipinski definition) is 0. The smallest absolute Gasteiger partial charge is 0.221 e. The molecule has 13 heteroatoms. The quantitative estimate of drug-likeness (QED) is 0.305. The van der Waals surface area contributed by atoms with Gasteiger partial charge < -0.3 is 0 Å². The molecule has 6 aliphatic heterocycles. The molecule has 5 saturated heterocycles. The molecule has 1 atom stereocenters.